The van der Waals surface area contributed by atoms with E-state index in [0.29, 0.717) is 4.67 Å². The van der Waals surface area contributed by atoms with Crippen LogP contribution in [0.15, 0.2) is 21.2 Å². The highest BCUT2D eigenvalue weighted by atomic mass is 79.9. The topological polar surface area (TPSA) is 71.3 Å². The van der Waals surface area contributed by atoms with E-state index in [2.05, 4.69) is 26.6 Å². The fourth-order valence-electron chi connectivity index (χ4n) is 1.21. The summed E-state index contributed by atoms with van der Waals surface area (Å²) in [7, 11) is 0. The molecule has 17 heavy (non-hydrogen) atoms. The minimum absolute atomic E-state index is 0.0825. The summed E-state index contributed by atoms with van der Waals surface area (Å²) in [6, 6.07) is 3.31. The molecule has 0 aliphatic heterocycles. The molecule has 94 valence electrons. The standard InChI is InChI=1S/C11H15BrN2O3/c1-7(2)14-10(15)5-6-13-11(16)8-3-4-9(12)17-8/h3-4,7H,5-6H2,1-2H3,(H,13,16)(H,14,15). The van der Waals surface area contributed by atoms with Crippen LogP contribution in [0.1, 0.15) is 30.8 Å². The molecule has 2 amide bonds. The van der Waals surface area contributed by atoms with Crippen LogP contribution in [0.4, 0.5) is 0 Å². The zero-order valence-electron chi connectivity index (χ0n) is 9.75. The maximum Gasteiger partial charge on any atom is 0.287 e. The second kappa shape index (κ2) is 6.44. The molecule has 0 fully saturated rings. The lowest BCUT2D eigenvalue weighted by Crippen LogP contribution is -2.34. The Hall–Kier alpha value is -1.30. The van der Waals surface area contributed by atoms with Crippen LogP contribution in [-0.4, -0.2) is 24.4 Å². The first-order chi connectivity index (χ1) is 7.99. The molecule has 0 atom stereocenters. The molecular formula is C11H15BrN2O3. The van der Waals surface area contributed by atoms with Crippen molar-refractivity contribution < 1.29 is 14.0 Å². The summed E-state index contributed by atoms with van der Waals surface area (Å²) < 4.78 is 5.57. The number of carbonyl (C=O) groups excluding carboxylic acids is 2. The van der Waals surface area contributed by atoms with Gasteiger partial charge in [-0.25, -0.2) is 0 Å². The summed E-state index contributed by atoms with van der Waals surface area (Å²) in [6.07, 6.45) is 0.256. The number of rotatable bonds is 5. The van der Waals surface area contributed by atoms with Gasteiger partial charge in [0.25, 0.3) is 5.91 Å². The van der Waals surface area contributed by atoms with Gasteiger partial charge in [-0.3, -0.25) is 9.59 Å². The maximum atomic E-state index is 11.5. The van der Waals surface area contributed by atoms with Crippen LogP contribution >= 0.6 is 15.9 Å². The Balaban J connectivity index is 2.27. The summed E-state index contributed by atoms with van der Waals surface area (Å²) in [5.41, 5.74) is 0. The van der Waals surface area contributed by atoms with E-state index in [9.17, 15) is 9.59 Å². The lowest BCUT2D eigenvalue weighted by Gasteiger charge is -2.08. The lowest BCUT2D eigenvalue weighted by atomic mass is 10.3. The SMILES string of the molecule is CC(C)NC(=O)CCNC(=O)c1ccc(Br)o1. The van der Waals surface area contributed by atoms with Crippen molar-refractivity contribution in [3.05, 3.63) is 22.6 Å². The van der Waals surface area contributed by atoms with Gasteiger partial charge in [0.1, 0.15) is 0 Å². The highest BCUT2D eigenvalue weighted by Gasteiger charge is 2.10. The van der Waals surface area contributed by atoms with Gasteiger partial charge in [-0.1, -0.05) is 0 Å². The largest absolute Gasteiger partial charge is 0.444 e. The smallest absolute Gasteiger partial charge is 0.287 e. The molecule has 0 bridgehead atoms. The second-order valence-electron chi connectivity index (χ2n) is 3.83. The average Bonchev–Trinajstić information content (AvgIpc) is 2.63. The Morgan fingerprint density at radius 1 is 1.41 bits per heavy atom. The van der Waals surface area contributed by atoms with Crippen molar-refractivity contribution in [3.8, 4) is 0 Å². The molecule has 0 radical (unpaired) electrons. The number of nitrogens with one attached hydrogen (secondary N) is 2. The molecule has 1 rings (SSSR count). The normalized spacial score (nSPS) is 10.4. The van der Waals surface area contributed by atoms with Gasteiger partial charge in [0.15, 0.2) is 10.4 Å². The van der Waals surface area contributed by atoms with Crippen LogP contribution < -0.4 is 10.6 Å². The van der Waals surface area contributed by atoms with Crippen LogP contribution in [0.3, 0.4) is 0 Å². The maximum absolute atomic E-state index is 11.5. The van der Waals surface area contributed by atoms with Crippen LogP contribution in [-0.2, 0) is 4.79 Å². The Kier molecular flexibility index (Phi) is 5.21. The zero-order valence-corrected chi connectivity index (χ0v) is 11.3. The predicted molar refractivity (Wildman–Crippen MR) is 66.6 cm³/mol. The molecule has 0 saturated heterocycles. The first kappa shape index (κ1) is 13.8. The molecule has 2 N–H and O–H groups in total. The van der Waals surface area contributed by atoms with E-state index >= 15 is 0 Å². The van der Waals surface area contributed by atoms with Crippen LogP contribution in [0.25, 0.3) is 0 Å². The van der Waals surface area contributed by atoms with Gasteiger partial charge < -0.3 is 15.1 Å². The van der Waals surface area contributed by atoms with Crippen LogP contribution in [0.2, 0.25) is 0 Å². The first-order valence-electron chi connectivity index (χ1n) is 5.32. The number of carbonyl (C=O) groups is 2. The number of hydrogen-bond acceptors (Lipinski definition) is 3. The van der Waals surface area contributed by atoms with Gasteiger partial charge in [0, 0.05) is 19.0 Å². The molecule has 0 aliphatic rings. The molecule has 1 aromatic rings. The highest BCUT2D eigenvalue weighted by Crippen LogP contribution is 2.13. The molecule has 0 aromatic carbocycles. The first-order valence-corrected chi connectivity index (χ1v) is 6.11. The van der Waals surface area contributed by atoms with Gasteiger partial charge in [-0.15, -0.1) is 0 Å². The molecule has 0 spiro atoms. The fourth-order valence-corrected chi connectivity index (χ4v) is 1.51. The van der Waals surface area contributed by atoms with Crippen LogP contribution in [0, 0.1) is 0 Å². The number of furan rings is 1. The molecule has 1 aromatic heterocycles. The van der Waals surface area contributed by atoms with Gasteiger partial charge in [0.05, 0.1) is 0 Å². The summed E-state index contributed by atoms with van der Waals surface area (Å²) in [5.74, 6) is -0.185. The Labute approximate surface area is 108 Å². The van der Waals surface area contributed by atoms with Crippen molar-refractivity contribution in [2.24, 2.45) is 0 Å². The fraction of sp³-hybridized carbons (Fsp3) is 0.455. The number of hydrogen-bond donors (Lipinski definition) is 2. The second-order valence-corrected chi connectivity index (χ2v) is 4.61. The minimum atomic E-state index is -0.326. The van der Waals surface area contributed by atoms with Crippen molar-refractivity contribution in [2.45, 2.75) is 26.3 Å². The quantitative estimate of drug-likeness (QED) is 0.869. The van der Waals surface area contributed by atoms with Gasteiger partial charge >= 0.3 is 0 Å². The molecule has 0 unspecified atom stereocenters. The van der Waals surface area contributed by atoms with E-state index in [4.69, 9.17) is 4.42 Å². The minimum Gasteiger partial charge on any atom is -0.444 e. The molecule has 6 heteroatoms. The van der Waals surface area contributed by atoms with Gasteiger partial charge in [-0.05, 0) is 41.9 Å². The van der Waals surface area contributed by atoms with E-state index in [1.165, 1.54) is 0 Å². The molecule has 1 heterocycles. The average molecular weight is 303 g/mol. The molecule has 0 saturated carbocycles. The third kappa shape index (κ3) is 5.04. The Bertz CT molecular complexity index is 401. The predicted octanol–water partition coefficient (Wildman–Crippen LogP) is 1.69. The summed E-state index contributed by atoms with van der Waals surface area (Å²) in [6.45, 7) is 4.06. The monoisotopic (exact) mass is 302 g/mol. The molecule has 0 aliphatic carbocycles. The third-order valence-electron chi connectivity index (χ3n) is 1.88. The van der Waals surface area contributed by atoms with Gasteiger partial charge in [-0.2, -0.15) is 0 Å². The van der Waals surface area contributed by atoms with Crippen LogP contribution in [0.5, 0.6) is 0 Å². The summed E-state index contributed by atoms with van der Waals surface area (Å²) in [4.78, 5) is 22.8. The Morgan fingerprint density at radius 2 is 2.12 bits per heavy atom. The third-order valence-corrected chi connectivity index (χ3v) is 2.31. The van der Waals surface area contributed by atoms with Crippen molar-refractivity contribution >= 4 is 27.7 Å². The molecular weight excluding hydrogens is 288 g/mol. The molecule has 5 nitrogen and oxygen atoms in total. The zero-order chi connectivity index (χ0) is 12.8. The lowest BCUT2D eigenvalue weighted by molar-refractivity contribution is -0.121. The number of amides is 2. The van der Waals surface area contributed by atoms with Crippen molar-refractivity contribution in [1.29, 1.82) is 0 Å². The summed E-state index contributed by atoms with van der Waals surface area (Å²) >= 11 is 3.11. The van der Waals surface area contributed by atoms with E-state index < -0.39 is 0 Å². The van der Waals surface area contributed by atoms with Crippen molar-refractivity contribution in [1.82, 2.24) is 10.6 Å². The van der Waals surface area contributed by atoms with Crippen molar-refractivity contribution in [3.63, 3.8) is 0 Å². The highest BCUT2D eigenvalue weighted by molar-refractivity contribution is 9.10. The van der Waals surface area contributed by atoms with E-state index in [0.717, 1.165) is 0 Å². The Morgan fingerprint density at radius 3 is 2.65 bits per heavy atom. The van der Waals surface area contributed by atoms with E-state index in [-0.39, 0.29) is 36.6 Å². The van der Waals surface area contributed by atoms with E-state index in [1.807, 2.05) is 13.8 Å². The van der Waals surface area contributed by atoms with Crippen molar-refractivity contribution in [2.75, 3.05) is 6.54 Å². The van der Waals surface area contributed by atoms with E-state index in [1.54, 1.807) is 12.1 Å². The number of halogens is 1. The summed E-state index contributed by atoms with van der Waals surface area (Å²) in [5, 5.41) is 5.34. The van der Waals surface area contributed by atoms with Gasteiger partial charge in [0.2, 0.25) is 5.91 Å².